The summed E-state index contributed by atoms with van der Waals surface area (Å²) in [5.74, 6) is 0.489. The second kappa shape index (κ2) is 10.1. The number of ether oxygens (including phenoxy) is 1. The lowest BCUT2D eigenvalue weighted by atomic mass is 9.65. The maximum absolute atomic E-state index is 11.0. The highest BCUT2D eigenvalue weighted by Gasteiger charge is 2.33. The quantitative estimate of drug-likeness (QED) is 0.320. The van der Waals surface area contributed by atoms with E-state index in [0.29, 0.717) is 17.9 Å². The number of allylic oxidation sites excluding steroid dienone is 5. The fraction of sp³-hybridized carbons (Fsp3) is 0.640. The Morgan fingerprint density at radius 3 is 2.59 bits per heavy atom. The molecule has 0 amide bonds. The van der Waals surface area contributed by atoms with Gasteiger partial charge in [-0.2, -0.15) is 0 Å². The summed E-state index contributed by atoms with van der Waals surface area (Å²) in [6.45, 7) is 14.2. The number of hydrogen-bond donors (Lipinski definition) is 0. The summed E-state index contributed by atoms with van der Waals surface area (Å²) < 4.78 is 4.93. The number of carbonyl (C=O) groups excluding carboxylic acids is 1. The van der Waals surface area contributed by atoms with Crippen molar-refractivity contribution in [2.75, 3.05) is 6.61 Å². The fourth-order valence-corrected chi connectivity index (χ4v) is 4.45. The Morgan fingerprint density at radius 1 is 1.22 bits per heavy atom. The molecule has 0 saturated heterocycles. The van der Waals surface area contributed by atoms with Gasteiger partial charge >= 0.3 is 5.97 Å². The van der Waals surface area contributed by atoms with Crippen molar-refractivity contribution in [3.63, 3.8) is 0 Å². The van der Waals surface area contributed by atoms with Crippen molar-refractivity contribution in [3.8, 4) is 0 Å². The summed E-state index contributed by atoms with van der Waals surface area (Å²) in [5.41, 5.74) is 5.96. The molecule has 0 bridgehead atoms. The minimum atomic E-state index is -0.188. The van der Waals surface area contributed by atoms with E-state index in [9.17, 15) is 4.79 Å². The molecule has 1 aliphatic heterocycles. The van der Waals surface area contributed by atoms with E-state index in [1.165, 1.54) is 48.8 Å². The van der Waals surface area contributed by atoms with Gasteiger partial charge in [0.1, 0.15) is 6.61 Å². The van der Waals surface area contributed by atoms with Crippen molar-refractivity contribution in [2.45, 2.75) is 85.5 Å². The van der Waals surface area contributed by atoms with Crippen LogP contribution >= 0.6 is 0 Å². The van der Waals surface area contributed by atoms with Crippen LogP contribution in [0.4, 0.5) is 0 Å². The molecule has 2 aliphatic rings. The van der Waals surface area contributed by atoms with Gasteiger partial charge < -0.3 is 4.74 Å². The molecular weight excluding hydrogens is 332 g/mol. The Labute approximate surface area is 166 Å². The summed E-state index contributed by atoms with van der Waals surface area (Å²) >= 11 is 0. The van der Waals surface area contributed by atoms with Crippen molar-refractivity contribution < 1.29 is 9.53 Å². The first-order valence-electron chi connectivity index (χ1n) is 10.6. The fourth-order valence-electron chi connectivity index (χ4n) is 4.45. The molecule has 1 atom stereocenters. The molecule has 1 unspecified atom stereocenters. The average Bonchev–Trinajstić information content (AvgIpc) is 2.99. The average molecular weight is 371 g/mol. The van der Waals surface area contributed by atoms with E-state index in [4.69, 9.17) is 4.74 Å². The normalized spacial score (nSPS) is 23.4. The number of rotatable bonds is 9. The molecule has 0 aromatic rings. The molecule has 0 aromatic heterocycles. The largest absolute Gasteiger partial charge is 0.458 e. The number of esters is 1. The van der Waals surface area contributed by atoms with Crippen molar-refractivity contribution >= 4 is 5.97 Å². The highest BCUT2D eigenvalue weighted by molar-refractivity contribution is 5.85. The smallest absolute Gasteiger partial charge is 0.331 e. The number of cyclic esters (lactones) is 1. The first-order chi connectivity index (χ1) is 12.8. The number of carbonyl (C=O) groups is 1. The Balaban J connectivity index is 1.68. The Bertz CT molecular complexity index is 631. The summed E-state index contributed by atoms with van der Waals surface area (Å²) in [7, 11) is 0. The standard InChI is InChI=1S/C25H38O2/c1-19(11-7-13-22-17-24(26)27-18-22)9-6-10-20(2)14-15-23-21(3)12-8-16-25(23,4)5/h10-11,17,23H,3,6-9,12-16,18H2,1-2,4-5H3. The van der Waals surface area contributed by atoms with Crippen LogP contribution in [0, 0.1) is 11.3 Å². The van der Waals surface area contributed by atoms with Gasteiger partial charge in [0.15, 0.2) is 0 Å². The SMILES string of the molecule is C=C1CCCC(C)(C)C1CCC(C)=CCCC(C)=CCCC1=CC(=O)OC1. The Morgan fingerprint density at radius 2 is 1.93 bits per heavy atom. The molecule has 0 aromatic carbocycles. The van der Waals surface area contributed by atoms with Crippen molar-refractivity contribution in [3.05, 3.63) is 47.1 Å². The van der Waals surface area contributed by atoms with Crippen LogP contribution in [0.25, 0.3) is 0 Å². The lowest BCUT2D eigenvalue weighted by Gasteiger charge is -2.40. The Kier molecular flexibility index (Phi) is 8.13. The molecule has 1 aliphatic carbocycles. The lowest BCUT2D eigenvalue weighted by Crippen LogP contribution is -2.29. The molecule has 0 radical (unpaired) electrons. The van der Waals surface area contributed by atoms with Gasteiger partial charge in [-0.05, 0) is 88.5 Å². The second-order valence-corrected chi connectivity index (χ2v) is 9.18. The molecule has 150 valence electrons. The molecule has 1 saturated carbocycles. The monoisotopic (exact) mass is 370 g/mol. The zero-order valence-electron chi connectivity index (χ0n) is 17.9. The van der Waals surface area contributed by atoms with Gasteiger partial charge in [0.2, 0.25) is 0 Å². The third kappa shape index (κ3) is 7.16. The molecule has 27 heavy (non-hydrogen) atoms. The summed E-state index contributed by atoms with van der Waals surface area (Å²) in [5, 5.41) is 0. The maximum Gasteiger partial charge on any atom is 0.331 e. The third-order valence-corrected chi connectivity index (χ3v) is 6.29. The first kappa shape index (κ1) is 21.7. The third-order valence-electron chi connectivity index (χ3n) is 6.29. The van der Waals surface area contributed by atoms with Crippen LogP contribution in [0.3, 0.4) is 0 Å². The maximum atomic E-state index is 11.0. The van der Waals surface area contributed by atoms with Gasteiger partial charge in [-0.3, -0.25) is 0 Å². The molecule has 1 fully saturated rings. The zero-order chi connectivity index (χ0) is 19.9. The van der Waals surface area contributed by atoms with Gasteiger partial charge in [0.25, 0.3) is 0 Å². The van der Waals surface area contributed by atoms with E-state index >= 15 is 0 Å². The zero-order valence-corrected chi connectivity index (χ0v) is 17.9. The topological polar surface area (TPSA) is 26.3 Å². The lowest BCUT2D eigenvalue weighted by molar-refractivity contribution is -0.134. The molecule has 0 spiro atoms. The predicted octanol–water partition coefficient (Wildman–Crippen LogP) is 7.09. The van der Waals surface area contributed by atoms with E-state index in [0.717, 1.165) is 31.3 Å². The van der Waals surface area contributed by atoms with E-state index in [2.05, 4.69) is 46.4 Å². The van der Waals surface area contributed by atoms with Crippen molar-refractivity contribution in [1.29, 1.82) is 0 Å². The van der Waals surface area contributed by atoms with Gasteiger partial charge in [-0.25, -0.2) is 4.79 Å². The molecular formula is C25H38O2. The second-order valence-electron chi connectivity index (χ2n) is 9.18. The van der Waals surface area contributed by atoms with Gasteiger partial charge in [0, 0.05) is 6.08 Å². The summed E-state index contributed by atoms with van der Waals surface area (Å²) in [6.07, 6.45) is 16.8. The summed E-state index contributed by atoms with van der Waals surface area (Å²) in [4.78, 5) is 11.0. The van der Waals surface area contributed by atoms with E-state index in [1.54, 1.807) is 6.08 Å². The van der Waals surface area contributed by atoms with E-state index < -0.39 is 0 Å². The van der Waals surface area contributed by atoms with Crippen LogP contribution in [0.15, 0.2) is 47.1 Å². The molecule has 2 rings (SSSR count). The van der Waals surface area contributed by atoms with Crippen molar-refractivity contribution in [2.24, 2.45) is 11.3 Å². The van der Waals surface area contributed by atoms with Crippen LogP contribution in [-0.2, 0) is 9.53 Å². The van der Waals surface area contributed by atoms with Gasteiger partial charge in [-0.15, -0.1) is 0 Å². The minimum absolute atomic E-state index is 0.188. The van der Waals surface area contributed by atoms with Crippen LogP contribution in [0.5, 0.6) is 0 Å². The van der Waals surface area contributed by atoms with Gasteiger partial charge in [-0.1, -0.05) is 49.3 Å². The highest BCUT2D eigenvalue weighted by Crippen LogP contribution is 2.45. The molecule has 2 nitrogen and oxygen atoms in total. The van der Waals surface area contributed by atoms with Crippen LogP contribution in [0.1, 0.15) is 85.5 Å². The van der Waals surface area contributed by atoms with Crippen LogP contribution in [0.2, 0.25) is 0 Å². The van der Waals surface area contributed by atoms with Crippen molar-refractivity contribution in [1.82, 2.24) is 0 Å². The van der Waals surface area contributed by atoms with Gasteiger partial charge in [0.05, 0.1) is 0 Å². The highest BCUT2D eigenvalue weighted by atomic mass is 16.5. The molecule has 1 heterocycles. The molecule has 0 N–H and O–H groups in total. The first-order valence-corrected chi connectivity index (χ1v) is 10.6. The van der Waals surface area contributed by atoms with Crippen LogP contribution in [-0.4, -0.2) is 12.6 Å². The van der Waals surface area contributed by atoms with Crippen LogP contribution < -0.4 is 0 Å². The summed E-state index contributed by atoms with van der Waals surface area (Å²) in [6, 6.07) is 0. The minimum Gasteiger partial charge on any atom is -0.458 e. The Hall–Kier alpha value is -1.57. The predicted molar refractivity (Wildman–Crippen MR) is 115 cm³/mol. The van der Waals surface area contributed by atoms with E-state index in [1.807, 2.05) is 0 Å². The number of hydrogen-bond acceptors (Lipinski definition) is 2. The molecule has 2 heteroatoms. The van der Waals surface area contributed by atoms with E-state index in [-0.39, 0.29) is 5.97 Å².